The number of benzene rings is 2. The normalized spacial score (nSPS) is 25.1. The Kier molecular flexibility index (Phi) is 6.41. The quantitative estimate of drug-likeness (QED) is 0.288. The Hall–Kier alpha value is -3.34. The van der Waals surface area contributed by atoms with Crippen molar-refractivity contribution in [2.75, 3.05) is 11.9 Å². The summed E-state index contributed by atoms with van der Waals surface area (Å²) >= 11 is 0. The molecular weight excluding hydrogens is 428 g/mol. The number of aliphatic hydroxyl groups excluding tert-OH is 4. The first-order valence-corrected chi connectivity index (χ1v) is 10.3. The molecule has 1 heterocycles. The number of carbonyl (C=O) groups excluding carboxylic acids is 1. The molecule has 0 radical (unpaired) electrons. The van der Waals surface area contributed by atoms with E-state index in [1.54, 1.807) is 67.0 Å². The van der Waals surface area contributed by atoms with Crippen LogP contribution in [0.2, 0.25) is 0 Å². The van der Waals surface area contributed by atoms with Crippen molar-refractivity contribution in [3.63, 3.8) is 0 Å². The van der Waals surface area contributed by atoms with E-state index in [0.717, 1.165) is 11.1 Å². The molecule has 0 saturated heterocycles. The van der Waals surface area contributed by atoms with Crippen molar-refractivity contribution < 1.29 is 35.1 Å². The summed E-state index contributed by atoms with van der Waals surface area (Å²) in [7, 11) is 0. The summed E-state index contributed by atoms with van der Waals surface area (Å²) < 4.78 is 5.35. The third-order valence-electron chi connectivity index (χ3n) is 5.89. The lowest BCUT2D eigenvalue weighted by atomic mass is 9.64. The molecule has 1 amide bonds. The fourth-order valence-electron chi connectivity index (χ4n) is 3.88. The number of carbonyl (C=O) groups is 1. The highest BCUT2D eigenvalue weighted by molar-refractivity contribution is 6.04. The van der Waals surface area contributed by atoms with E-state index in [9.17, 15) is 30.3 Å². The van der Waals surface area contributed by atoms with Crippen LogP contribution in [0.1, 0.15) is 10.4 Å². The molecule has 1 aromatic heterocycles. The van der Waals surface area contributed by atoms with Crippen molar-refractivity contribution in [3.8, 4) is 16.9 Å². The Morgan fingerprint density at radius 3 is 2.42 bits per heavy atom. The molecule has 3 aromatic rings. The number of ether oxygens (including phenoxy) is 1. The number of hydrogen-bond acceptors (Lipinski definition) is 8. The SMILES string of the molecule is O=C(Nc1ccncc1)c1cccc(-c2ccc(OC(O)C3(O)C(O)C(O)C3CO)cc2)c1. The van der Waals surface area contributed by atoms with Crippen LogP contribution in [0.3, 0.4) is 0 Å². The number of pyridine rings is 1. The van der Waals surface area contributed by atoms with Crippen LogP contribution in [0.4, 0.5) is 5.69 Å². The molecule has 0 bridgehead atoms. The Morgan fingerprint density at radius 2 is 1.76 bits per heavy atom. The highest BCUT2D eigenvalue weighted by Gasteiger charge is 2.65. The topological polar surface area (TPSA) is 152 Å². The largest absolute Gasteiger partial charge is 0.462 e. The summed E-state index contributed by atoms with van der Waals surface area (Å²) in [6.07, 6.45) is -1.70. The summed E-state index contributed by atoms with van der Waals surface area (Å²) in [5.74, 6) is -1.20. The fraction of sp³-hybridized carbons (Fsp3) is 0.250. The predicted octanol–water partition coefficient (Wildman–Crippen LogP) is 0.773. The number of amides is 1. The minimum Gasteiger partial charge on any atom is -0.462 e. The summed E-state index contributed by atoms with van der Waals surface area (Å²) in [4.78, 5) is 16.5. The van der Waals surface area contributed by atoms with Gasteiger partial charge in [-0.1, -0.05) is 24.3 Å². The second-order valence-electron chi connectivity index (χ2n) is 7.88. The van der Waals surface area contributed by atoms with Crippen LogP contribution in [0.25, 0.3) is 11.1 Å². The Bertz CT molecular complexity index is 1110. The smallest absolute Gasteiger partial charge is 0.255 e. The maximum atomic E-state index is 12.5. The van der Waals surface area contributed by atoms with E-state index in [-0.39, 0.29) is 11.7 Å². The first-order chi connectivity index (χ1) is 15.8. The molecule has 2 aromatic carbocycles. The number of aromatic nitrogens is 1. The van der Waals surface area contributed by atoms with Crippen molar-refractivity contribution >= 4 is 11.6 Å². The molecule has 6 N–H and O–H groups in total. The second kappa shape index (κ2) is 9.26. The summed E-state index contributed by atoms with van der Waals surface area (Å²) in [5.41, 5.74) is 0.468. The Morgan fingerprint density at radius 1 is 1.06 bits per heavy atom. The molecule has 9 heteroatoms. The van der Waals surface area contributed by atoms with E-state index >= 15 is 0 Å². The fourth-order valence-corrected chi connectivity index (χ4v) is 3.88. The summed E-state index contributed by atoms with van der Waals surface area (Å²) in [6.45, 7) is -0.626. The number of rotatable bonds is 7. The lowest BCUT2D eigenvalue weighted by Gasteiger charge is -2.53. The molecule has 1 aliphatic rings. The third kappa shape index (κ3) is 4.32. The van der Waals surface area contributed by atoms with Gasteiger partial charge in [-0.15, -0.1) is 0 Å². The van der Waals surface area contributed by atoms with Crippen LogP contribution in [0.15, 0.2) is 73.1 Å². The molecule has 4 rings (SSSR count). The van der Waals surface area contributed by atoms with E-state index in [2.05, 4.69) is 10.3 Å². The Labute approximate surface area is 189 Å². The van der Waals surface area contributed by atoms with Gasteiger partial charge in [0.15, 0.2) is 5.60 Å². The average molecular weight is 452 g/mol. The van der Waals surface area contributed by atoms with Crippen LogP contribution < -0.4 is 10.1 Å². The third-order valence-corrected chi connectivity index (χ3v) is 5.89. The molecule has 172 valence electrons. The van der Waals surface area contributed by atoms with Gasteiger partial charge in [-0.05, 0) is 47.5 Å². The van der Waals surface area contributed by atoms with Gasteiger partial charge in [0, 0.05) is 29.6 Å². The van der Waals surface area contributed by atoms with Gasteiger partial charge in [-0.3, -0.25) is 9.78 Å². The number of anilines is 1. The molecule has 33 heavy (non-hydrogen) atoms. The van der Waals surface area contributed by atoms with Crippen LogP contribution in [-0.2, 0) is 0 Å². The van der Waals surface area contributed by atoms with Crippen LogP contribution in [0.5, 0.6) is 5.75 Å². The minimum absolute atomic E-state index is 0.205. The van der Waals surface area contributed by atoms with E-state index in [4.69, 9.17) is 4.74 Å². The van der Waals surface area contributed by atoms with Gasteiger partial charge in [0.1, 0.15) is 11.9 Å². The highest BCUT2D eigenvalue weighted by Crippen LogP contribution is 2.42. The van der Waals surface area contributed by atoms with Gasteiger partial charge in [-0.2, -0.15) is 0 Å². The standard InChI is InChI=1S/C24H24N2O7/c27-13-19-20(28)21(29)24(19,32)23(31)33-18-6-4-14(5-7-18)15-2-1-3-16(12-15)22(30)26-17-8-10-25-11-9-17/h1-12,19-21,23,27-29,31-32H,13H2,(H,25,26,30). The van der Waals surface area contributed by atoms with Gasteiger partial charge in [-0.25, -0.2) is 0 Å². The molecule has 1 fully saturated rings. The maximum absolute atomic E-state index is 12.5. The minimum atomic E-state index is -2.19. The number of nitrogens with one attached hydrogen (secondary N) is 1. The van der Waals surface area contributed by atoms with Crippen LogP contribution in [0, 0.1) is 5.92 Å². The Balaban J connectivity index is 1.45. The van der Waals surface area contributed by atoms with E-state index in [1.807, 2.05) is 6.07 Å². The maximum Gasteiger partial charge on any atom is 0.255 e. The first kappa shape index (κ1) is 22.8. The monoisotopic (exact) mass is 452 g/mol. The molecular formula is C24H24N2O7. The van der Waals surface area contributed by atoms with Crippen molar-refractivity contribution in [2.24, 2.45) is 5.92 Å². The zero-order valence-corrected chi connectivity index (χ0v) is 17.4. The zero-order valence-electron chi connectivity index (χ0n) is 17.4. The summed E-state index contributed by atoms with van der Waals surface area (Å²) in [5, 5.41) is 52.4. The van der Waals surface area contributed by atoms with E-state index in [0.29, 0.717) is 11.3 Å². The van der Waals surface area contributed by atoms with Crippen LogP contribution in [-0.4, -0.2) is 67.1 Å². The molecule has 5 unspecified atom stereocenters. The van der Waals surface area contributed by atoms with Crippen molar-refractivity contribution in [1.29, 1.82) is 0 Å². The molecule has 9 nitrogen and oxygen atoms in total. The van der Waals surface area contributed by atoms with E-state index in [1.165, 1.54) is 0 Å². The van der Waals surface area contributed by atoms with E-state index < -0.39 is 36.6 Å². The number of nitrogens with zero attached hydrogens (tertiary/aromatic N) is 1. The molecule has 1 saturated carbocycles. The predicted molar refractivity (Wildman–Crippen MR) is 118 cm³/mol. The number of aliphatic hydroxyl groups is 5. The van der Waals surface area contributed by atoms with Crippen molar-refractivity contribution in [1.82, 2.24) is 4.98 Å². The second-order valence-corrected chi connectivity index (χ2v) is 7.88. The summed E-state index contributed by atoms with van der Waals surface area (Å²) in [6, 6.07) is 17.0. The number of hydrogen-bond donors (Lipinski definition) is 6. The van der Waals surface area contributed by atoms with Gasteiger partial charge in [0.2, 0.25) is 6.29 Å². The molecule has 0 aliphatic heterocycles. The zero-order chi connectivity index (χ0) is 23.6. The van der Waals surface area contributed by atoms with Gasteiger partial charge >= 0.3 is 0 Å². The molecule has 1 aliphatic carbocycles. The lowest BCUT2D eigenvalue weighted by Crippen LogP contribution is -2.76. The first-order valence-electron chi connectivity index (χ1n) is 10.3. The highest BCUT2D eigenvalue weighted by atomic mass is 16.6. The van der Waals surface area contributed by atoms with Crippen molar-refractivity contribution in [2.45, 2.75) is 24.1 Å². The molecule has 0 spiro atoms. The van der Waals surface area contributed by atoms with Crippen LogP contribution >= 0.6 is 0 Å². The van der Waals surface area contributed by atoms with Gasteiger partial charge in [0.25, 0.3) is 5.91 Å². The average Bonchev–Trinajstić information content (AvgIpc) is 2.85. The molecule has 5 atom stereocenters. The van der Waals surface area contributed by atoms with Crippen molar-refractivity contribution in [3.05, 3.63) is 78.6 Å². The lowest BCUT2D eigenvalue weighted by molar-refractivity contribution is -0.332. The van der Waals surface area contributed by atoms with Gasteiger partial charge in [0.05, 0.1) is 12.7 Å². The van der Waals surface area contributed by atoms with Gasteiger partial charge < -0.3 is 35.6 Å².